The van der Waals surface area contributed by atoms with Crippen LogP contribution < -0.4 is 11.0 Å². The van der Waals surface area contributed by atoms with Crippen LogP contribution in [0.15, 0.2) is 35.5 Å². The van der Waals surface area contributed by atoms with Crippen molar-refractivity contribution in [2.45, 2.75) is 44.8 Å². The molecule has 0 spiro atoms. The smallest absolute Gasteiger partial charge is 0.330 e. The predicted octanol–water partition coefficient (Wildman–Crippen LogP) is 2.60. The first-order valence-corrected chi connectivity index (χ1v) is 10.1. The van der Waals surface area contributed by atoms with Gasteiger partial charge in [-0.3, -0.25) is 19.1 Å². The predicted molar refractivity (Wildman–Crippen MR) is 114 cm³/mol. The first-order chi connectivity index (χ1) is 14.5. The Morgan fingerprint density at radius 1 is 1.07 bits per heavy atom. The number of aryl methyl sites for hydroxylation is 2. The van der Waals surface area contributed by atoms with Gasteiger partial charge in [-0.2, -0.15) is 4.98 Å². The van der Waals surface area contributed by atoms with E-state index in [0.29, 0.717) is 30.0 Å². The second kappa shape index (κ2) is 7.17. The highest BCUT2D eigenvalue weighted by Crippen LogP contribution is 2.30. The molecule has 5 rings (SSSR count). The maximum atomic E-state index is 12.9. The summed E-state index contributed by atoms with van der Waals surface area (Å²) in [5, 5.41) is 13.1. The summed E-state index contributed by atoms with van der Waals surface area (Å²) in [6.45, 7) is 1.99. The number of benzene rings is 1. The van der Waals surface area contributed by atoms with E-state index < -0.39 is 0 Å². The molecule has 3 heterocycles. The van der Waals surface area contributed by atoms with E-state index in [1.807, 2.05) is 19.1 Å². The Hall–Kier alpha value is -3.33. The molecule has 0 bridgehead atoms. The molecule has 30 heavy (non-hydrogen) atoms. The van der Waals surface area contributed by atoms with Gasteiger partial charge >= 0.3 is 5.69 Å². The topological polar surface area (TPSA) is 111 Å². The van der Waals surface area contributed by atoms with Crippen molar-refractivity contribution in [3.8, 4) is 0 Å². The normalized spacial score (nSPS) is 19.4. The maximum Gasteiger partial charge on any atom is 0.330 e. The Labute approximate surface area is 172 Å². The number of aliphatic hydroxyl groups excluding tert-OH is 1. The van der Waals surface area contributed by atoms with Crippen molar-refractivity contribution >= 4 is 33.8 Å². The van der Waals surface area contributed by atoms with Crippen molar-refractivity contribution in [1.82, 2.24) is 29.1 Å². The Morgan fingerprint density at radius 3 is 2.50 bits per heavy atom. The monoisotopic (exact) mass is 405 g/mol. The van der Waals surface area contributed by atoms with E-state index in [2.05, 4.69) is 25.3 Å². The van der Waals surface area contributed by atoms with Gasteiger partial charge < -0.3 is 10.4 Å². The van der Waals surface area contributed by atoms with E-state index in [0.717, 1.165) is 35.1 Å². The zero-order chi connectivity index (χ0) is 20.8. The minimum Gasteiger partial charge on any atom is -0.393 e. The van der Waals surface area contributed by atoms with Crippen LogP contribution in [0.1, 0.15) is 37.3 Å². The molecule has 0 unspecified atom stereocenters. The summed E-state index contributed by atoms with van der Waals surface area (Å²) in [4.78, 5) is 30.7. The number of nitrogens with zero attached hydrogens (tertiary/aromatic N) is 6. The Bertz CT molecular complexity index is 1300. The van der Waals surface area contributed by atoms with Crippen molar-refractivity contribution in [2.75, 3.05) is 5.32 Å². The van der Waals surface area contributed by atoms with Crippen molar-refractivity contribution in [2.24, 2.45) is 7.05 Å². The molecule has 9 heteroatoms. The van der Waals surface area contributed by atoms with Gasteiger partial charge in [-0.05, 0) is 50.3 Å². The fraction of sp³-hybridized carbons (Fsp3) is 0.381. The second-order valence-electron chi connectivity index (χ2n) is 7.91. The lowest BCUT2D eigenvalue weighted by molar-refractivity contribution is 0.110. The summed E-state index contributed by atoms with van der Waals surface area (Å²) in [6, 6.07) is 3.92. The SMILES string of the molecule is Cc1cc2nccnc2cc1Nc1ncc2c(n1)n(C1CCC(O)CC1)c(=O)n2C. The highest BCUT2D eigenvalue weighted by Gasteiger charge is 2.26. The molecule has 3 aromatic heterocycles. The van der Waals surface area contributed by atoms with Gasteiger partial charge in [0.1, 0.15) is 5.52 Å². The zero-order valence-corrected chi connectivity index (χ0v) is 16.9. The van der Waals surface area contributed by atoms with E-state index >= 15 is 0 Å². The van der Waals surface area contributed by atoms with Crippen LogP contribution in [-0.2, 0) is 7.05 Å². The lowest BCUT2D eigenvalue weighted by Gasteiger charge is -2.26. The standard InChI is InChI=1S/C21H23N7O2/c1-12-9-16-17(23-8-7-22-16)10-15(12)25-20-24-11-18-19(26-20)28(21(30)27(18)2)13-3-5-14(29)6-4-13/h7-11,13-14,29H,3-6H2,1-2H3,(H,24,25,26). The minimum atomic E-state index is -0.280. The highest BCUT2D eigenvalue weighted by atomic mass is 16.3. The molecular formula is C21H23N7O2. The zero-order valence-electron chi connectivity index (χ0n) is 16.9. The minimum absolute atomic E-state index is 0.0324. The summed E-state index contributed by atoms with van der Waals surface area (Å²) in [7, 11) is 1.74. The number of hydrogen-bond acceptors (Lipinski definition) is 7. The molecule has 0 amide bonds. The fourth-order valence-corrected chi connectivity index (χ4v) is 4.21. The largest absolute Gasteiger partial charge is 0.393 e. The Kier molecular flexibility index (Phi) is 4.47. The molecule has 4 aromatic rings. The highest BCUT2D eigenvalue weighted by molar-refractivity contribution is 5.82. The number of nitrogens with one attached hydrogen (secondary N) is 1. The number of aromatic nitrogens is 6. The van der Waals surface area contributed by atoms with Crippen LogP contribution in [0.25, 0.3) is 22.2 Å². The molecular weight excluding hydrogens is 382 g/mol. The molecule has 154 valence electrons. The maximum absolute atomic E-state index is 12.9. The molecule has 0 saturated heterocycles. The van der Waals surface area contributed by atoms with E-state index in [1.54, 1.807) is 34.8 Å². The molecule has 1 aliphatic carbocycles. The van der Waals surface area contributed by atoms with Gasteiger partial charge in [-0.1, -0.05) is 0 Å². The van der Waals surface area contributed by atoms with E-state index in [1.165, 1.54) is 0 Å². The summed E-state index contributed by atoms with van der Waals surface area (Å²) in [5.41, 5.74) is 4.65. The number of anilines is 2. The van der Waals surface area contributed by atoms with Crippen molar-refractivity contribution in [3.05, 3.63) is 46.8 Å². The number of rotatable bonds is 3. The van der Waals surface area contributed by atoms with Crippen LogP contribution in [0.2, 0.25) is 0 Å². The lowest BCUT2D eigenvalue weighted by atomic mass is 9.93. The van der Waals surface area contributed by atoms with Crippen LogP contribution >= 0.6 is 0 Å². The van der Waals surface area contributed by atoms with E-state index in [4.69, 9.17) is 0 Å². The molecule has 1 aromatic carbocycles. The van der Waals surface area contributed by atoms with Gasteiger partial charge in [0.25, 0.3) is 0 Å². The quantitative estimate of drug-likeness (QED) is 0.539. The van der Waals surface area contributed by atoms with Crippen LogP contribution in [0.4, 0.5) is 11.6 Å². The third kappa shape index (κ3) is 3.11. The average Bonchev–Trinajstić information content (AvgIpc) is 2.99. The molecule has 0 radical (unpaired) electrons. The van der Waals surface area contributed by atoms with Crippen LogP contribution in [-0.4, -0.2) is 40.3 Å². The number of fused-ring (bicyclic) bond motifs is 2. The number of imidazole rings is 1. The fourth-order valence-electron chi connectivity index (χ4n) is 4.21. The number of aliphatic hydroxyl groups is 1. The van der Waals surface area contributed by atoms with Gasteiger partial charge in [-0.15, -0.1) is 0 Å². The Balaban J connectivity index is 1.56. The average molecular weight is 405 g/mol. The molecule has 1 saturated carbocycles. The summed E-state index contributed by atoms with van der Waals surface area (Å²) >= 11 is 0. The van der Waals surface area contributed by atoms with Gasteiger partial charge in [0.2, 0.25) is 5.95 Å². The molecule has 0 aliphatic heterocycles. The summed E-state index contributed by atoms with van der Waals surface area (Å²) in [5.74, 6) is 0.420. The lowest BCUT2D eigenvalue weighted by Crippen LogP contribution is -2.30. The first kappa shape index (κ1) is 18.7. The molecule has 9 nitrogen and oxygen atoms in total. The summed E-state index contributed by atoms with van der Waals surface area (Å²) < 4.78 is 3.34. The van der Waals surface area contributed by atoms with E-state index in [-0.39, 0.29) is 17.8 Å². The van der Waals surface area contributed by atoms with Gasteiger partial charge in [0.05, 0.1) is 23.3 Å². The third-order valence-electron chi connectivity index (χ3n) is 5.93. The molecule has 2 N–H and O–H groups in total. The molecule has 1 fully saturated rings. The Morgan fingerprint density at radius 2 is 1.77 bits per heavy atom. The summed E-state index contributed by atoms with van der Waals surface area (Å²) in [6.07, 6.45) is 7.64. The van der Waals surface area contributed by atoms with Crippen LogP contribution in [0.5, 0.6) is 0 Å². The first-order valence-electron chi connectivity index (χ1n) is 10.1. The second-order valence-corrected chi connectivity index (χ2v) is 7.91. The van der Waals surface area contributed by atoms with Crippen molar-refractivity contribution in [3.63, 3.8) is 0 Å². The van der Waals surface area contributed by atoms with Gasteiger partial charge in [0, 0.05) is 31.2 Å². The van der Waals surface area contributed by atoms with Crippen LogP contribution in [0, 0.1) is 6.92 Å². The molecule has 0 atom stereocenters. The van der Waals surface area contributed by atoms with Crippen molar-refractivity contribution in [1.29, 1.82) is 0 Å². The van der Waals surface area contributed by atoms with Crippen molar-refractivity contribution < 1.29 is 5.11 Å². The van der Waals surface area contributed by atoms with Crippen LogP contribution in [0.3, 0.4) is 0 Å². The van der Waals surface area contributed by atoms with E-state index in [9.17, 15) is 9.90 Å². The number of hydrogen-bond donors (Lipinski definition) is 2. The molecule has 1 aliphatic rings. The van der Waals surface area contributed by atoms with Gasteiger partial charge in [0.15, 0.2) is 5.65 Å². The van der Waals surface area contributed by atoms with Gasteiger partial charge in [-0.25, -0.2) is 9.78 Å². The third-order valence-corrected chi connectivity index (χ3v) is 5.93.